The summed E-state index contributed by atoms with van der Waals surface area (Å²) < 4.78 is 5.48. The molecule has 216 valence electrons. The van der Waals surface area contributed by atoms with Crippen molar-refractivity contribution in [2.45, 2.75) is 82.3 Å². The number of rotatable bonds is 7. The molecule has 0 radical (unpaired) electrons. The fourth-order valence-corrected chi connectivity index (χ4v) is 5.65. The van der Waals surface area contributed by atoms with Crippen LogP contribution in [0.3, 0.4) is 0 Å². The molecular formula is C30H40Cl2N6O2. The SMILES string of the molecule is COc1ccc2nc(C(=O)NC3CCCCCC3)nc(N[C@H]3CCCC[C@H]3NC(=N)c3ccccc3)c2c1.Cl.Cl. The molecule has 5 rings (SSSR count). The molecule has 0 unspecified atom stereocenters. The summed E-state index contributed by atoms with van der Waals surface area (Å²) in [5, 5.41) is 19.7. The van der Waals surface area contributed by atoms with Gasteiger partial charge in [-0.1, -0.05) is 68.9 Å². The zero-order valence-electron chi connectivity index (χ0n) is 22.9. The average molecular weight is 588 g/mol. The number of anilines is 1. The fraction of sp³-hybridized carbons (Fsp3) is 0.467. The number of methoxy groups -OCH3 is 1. The summed E-state index contributed by atoms with van der Waals surface area (Å²) in [6, 6.07) is 15.7. The lowest BCUT2D eigenvalue weighted by Crippen LogP contribution is -2.48. The first-order valence-electron chi connectivity index (χ1n) is 13.9. The number of hydrogen-bond acceptors (Lipinski definition) is 6. The van der Waals surface area contributed by atoms with Gasteiger partial charge in [0.15, 0.2) is 0 Å². The molecule has 2 aromatic carbocycles. The molecule has 0 saturated heterocycles. The molecule has 0 spiro atoms. The van der Waals surface area contributed by atoms with E-state index in [1.807, 2.05) is 48.5 Å². The summed E-state index contributed by atoms with van der Waals surface area (Å²) in [5.74, 6) is 1.73. The predicted molar refractivity (Wildman–Crippen MR) is 166 cm³/mol. The van der Waals surface area contributed by atoms with E-state index < -0.39 is 0 Å². The predicted octanol–water partition coefficient (Wildman–Crippen LogP) is 6.27. The van der Waals surface area contributed by atoms with E-state index in [1.165, 1.54) is 12.8 Å². The monoisotopic (exact) mass is 586 g/mol. The Balaban J connectivity index is 0.00000220. The second kappa shape index (κ2) is 15.1. The number of fused-ring (bicyclic) bond motifs is 1. The summed E-state index contributed by atoms with van der Waals surface area (Å²) in [6.07, 6.45) is 10.8. The average Bonchev–Trinajstić information content (AvgIpc) is 3.22. The Morgan fingerprint density at radius 1 is 0.850 bits per heavy atom. The molecule has 0 aliphatic heterocycles. The second-order valence-corrected chi connectivity index (χ2v) is 10.5. The van der Waals surface area contributed by atoms with E-state index in [4.69, 9.17) is 15.1 Å². The number of hydrogen-bond donors (Lipinski definition) is 4. The molecule has 1 amide bonds. The molecule has 1 heterocycles. The number of amides is 1. The van der Waals surface area contributed by atoms with Crippen LogP contribution in [0.15, 0.2) is 48.5 Å². The quantitative estimate of drug-likeness (QED) is 0.147. The van der Waals surface area contributed by atoms with Crippen LogP contribution in [0.4, 0.5) is 5.82 Å². The molecule has 40 heavy (non-hydrogen) atoms. The van der Waals surface area contributed by atoms with Crippen molar-refractivity contribution in [3.05, 3.63) is 59.9 Å². The van der Waals surface area contributed by atoms with Crippen molar-refractivity contribution in [1.29, 1.82) is 5.41 Å². The van der Waals surface area contributed by atoms with Crippen molar-refractivity contribution in [3.8, 4) is 5.75 Å². The largest absolute Gasteiger partial charge is 0.497 e. The first-order valence-corrected chi connectivity index (χ1v) is 13.9. The minimum Gasteiger partial charge on any atom is -0.497 e. The van der Waals surface area contributed by atoms with Gasteiger partial charge in [0.25, 0.3) is 5.91 Å². The number of ether oxygens (including phenoxy) is 1. The standard InChI is InChI=1S/C30H38N6O2.2ClH/c1-38-22-17-18-24-23(19-22)28(36-29(34-24)30(37)32-21-13-7-2-3-8-14-21)35-26-16-10-9-15-25(26)33-27(31)20-11-5-4-6-12-20;;/h4-6,11-12,17-19,21,25-26H,2-3,7-10,13-16H2,1H3,(H2,31,33)(H,32,37)(H,34,35,36);2*1H/t25-,26+;;/m1../s1. The van der Waals surface area contributed by atoms with Crippen LogP contribution in [0.2, 0.25) is 0 Å². The second-order valence-electron chi connectivity index (χ2n) is 10.5. The highest BCUT2D eigenvalue weighted by Crippen LogP contribution is 2.29. The Hall–Kier alpha value is -3.10. The van der Waals surface area contributed by atoms with E-state index in [0.29, 0.717) is 22.9 Å². The highest BCUT2D eigenvalue weighted by atomic mass is 35.5. The Kier molecular flexibility index (Phi) is 11.8. The smallest absolute Gasteiger partial charge is 0.289 e. The Morgan fingerprint density at radius 3 is 2.23 bits per heavy atom. The minimum absolute atomic E-state index is 0. The van der Waals surface area contributed by atoms with E-state index in [9.17, 15) is 4.79 Å². The van der Waals surface area contributed by atoms with Crippen LogP contribution < -0.4 is 20.7 Å². The van der Waals surface area contributed by atoms with Crippen LogP contribution in [0, 0.1) is 5.41 Å². The van der Waals surface area contributed by atoms with Crippen LogP contribution in [0.25, 0.3) is 10.9 Å². The van der Waals surface area contributed by atoms with Gasteiger partial charge in [-0.3, -0.25) is 10.2 Å². The van der Waals surface area contributed by atoms with Crippen LogP contribution >= 0.6 is 24.8 Å². The number of aromatic nitrogens is 2. The molecule has 2 aliphatic rings. The van der Waals surface area contributed by atoms with Gasteiger partial charge >= 0.3 is 0 Å². The maximum Gasteiger partial charge on any atom is 0.289 e. The molecule has 3 aromatic rings. The van der Waals surface area contributed by atoms with E-state index in [2.05, 4.69) is 20.9 Å². The highest BCUT2D eigenvalue weighted by molar-refractivity contribution is 5.98. The lowest BCUT2D eigenvalue weighted by Gasteiger charge is -2.34. The maximum atomic E-state index is 13.3. The number of amidine groups is 1. The Bertz CT molecular complexity index is 1270. The van der Waals surface area contributed by atoms with Crippen LogP contribution in [-0.2, 0) is 0 Å². The summed E-state index contributed by atoms with van der Waals surface area (Å²) >= 11 is 0. The Labute approximate surface area is 248 Å². The molecule has 2 atom stereocenters. The molecule has 8 nitrogen and oxygen atoms in total. The van der Waals surface area contributed by atoms with E-state index in [0.717, 1.165) is 62.3 Å². The molecular weight excluding hydrogens is 547 g/mol. The van der Waals surface area contributed by atoms with Crippen molar-refractivity contribution in [2.24, 2.45) is 0 Å². The van der Waals surface area contributed by atoms with Gasteiger partial charge in [-0.2, -0.15) is 0 Å². The summed E-state index contributed by atoms with van der Waals surface area (Å²) in [7, 11) is 1.64. The maximum absolute atomic E-state index is 13.3. The van der Waals surface area contributed by atoms with E-state index in [1.54, 1.807) is 7.11 Å². The number of nitrogens with one attached hydrogen (secondary N) is 4. The lowest BCUT2D eigenvalue weighted by molar-refractivity contribution is 0.0923. The summed E-state index contributed by atoms with van der Waals surface area (Å²) in [6.45, 7) is 0. The van der Waals surface area contributed by atoms with Gasteiger partial charge in [0.1, 0.15) is 17.4 Å². The van der Waals surface area contributed by atoms with Gasteiger partial charge in [-0.05, 0) is 43.9 Å². The Morgan fingerprint density at radius 2 is 1.52 bits per heavy atom. The number of halogens is 2. The minimum atomic E-state index is -0.221. The van der Waals surface area contributed by atoms with E-state index >= 15 is 0 Å². The van der Waals surface area contributed by atoms with Gasteiger partial charge in [0, 0.05) is 29.1 Å². The topological polar surface area (TPSA) is 112 Å². The highest BCUT2D eigenvalue weighted by Gasteiger charge is 2.28. The number of benzene rings is 2. The van der Waals surface area contributed by atoms with Crippen LogP contribution in [0.1, 0.15) is 80.4 Å². The third-order valence-electron chi connectivity index (χ3n) is 7.78. The first-order chi connectivity index (χ1) is 18.6. The molecule has 2 aliphatic carbocycles. The normalized spacial score (nSPS) is 19.3. The molecule has 1 aromatic heterocycles. The zero-order chi connectivity index (χ0) is 26.3. The van der Waals surface area contributed by atoms with E-state index in [-0.39, 0.29) is 54.7 Å². The van der Waals surface area contributed by atoms with Gasteiger partial charge < -0.3 is 20.7 Å². The van der Waals surface area contributed by atoms with Crippen molar-refractivity contribution in [1.82, 2.24) is 20.6 Å². The van der Waals surface area contributed by atoms with Gasteiger partial charge in [-0.25, -0.2) is 9.97 Å². The fourth-order valence-electron chi connectivity index (χ4n) is 5.65. The molecule has 2 saturated carbocycles. The van der Waals surface area contributed by atoms with Crippen LogP contribution in [-0.4, -0.2) is 46.9 Å². The van der Waals surface area contributed by atoms with Gasteiger partial charge in [0.05, 0.1) is 12.6 Å². The number of nitrogens with zero attached hydrogens (tertiary/aromatic N) is 2. The lowest BCUT2D eigenvalue weighted by atomic mass is 9.90. The molecule has 4 N–H and O–H groups in total. The third-order valence-corrected chi connectivity index (χ3v) is 7.78. The van der Waals surface area contributed by atoms with Gasteiger partial charge in [0.2, 0.25) is 5.82 Å². The number of carbonyl (C=O) groups excluding carboxylic acids is 1. The molecule has 10 heteroatoms. The van der Waals surface area contributed by atoms with Gasteiger partial charge in [-0.15, -0.1) is 24.8 Å². The molecule has 0 bridgehead atoms. The molecule has 2 fully saturated rings. The van der Waals surface area contributed by atoms with Crippen molar-refractivity contribution >= 4 is 53.3 Å². The van der Waals surface area contributed by atoms with Crippen LogP contribution in [0.5, 0.6) is 5.75 Å². The summed E-state index contributed by atoms with van der Waals surface area (Å²) in [4.78, 5) is 22.7. The zero-order valence-corrected chi connectivity index (χ0v) is 24.6. The third kappa shape index (κ3) is 7.76. The number of carbonyl (C=O) groups is 1. The first kappa shape index (κ1) is 31.4. The summed E-state index contributed by atoms with van der Waals surface area (Å²) in [5.41, 5.74) is 1.57. The van der Waals surface area contributed by atoms with Crippen molar-refractivity contribution in [3.63, 3.8) is 0 Å². The van der Waals surface area contributed by atoms with Crippen molar-refractivity contribution in [2.75, 3.05) is 12.4 Å². The van der Waals surface area contributed by atoms with Crippen molar-refractivity contribution < 1.29 is 9.53 Å².